The maximum Gasteiger partial charge on any atom is 1.00 e. The van der Waals surface area contributed by atoms with E-state index in [9.17, 15) is 13.0 Å². The summed E-state index contributed by atoms with van der Waals surface area (Å²) in [6.07, 6.45) is 0.805. The molecular formula is C21H25KO5S. The van der Waals surface area contributed by atoms with Gasteiger partial charge in [-0.3, -0.25) is 0 Å². The summed E-state index contributed by atoms with van der Waals surface area (Å²) in [5.74, 6) is 0.223. The number of rotatable bonds is 10. The van der Waals surface area contributed by atoms with Gasteiger partial charge in [0.05, 0.1) is 41.8 Å². The monoisotopic (exact) mass is 428 g/mol. The van der Waals surface area contributed by atoms with Crippen molar-refractivity contribution in [2.75, 3.05) is 13.2 Å². The van der Waals surface area contributed by atoms with Gasteiger partial charge in [0.25, 0.3) is 0 Å². The van der Waals surface area contributed by atoms with E-state index in [-0.39, 0.29) is 63.2 Å². The minimum Gasteiger partial charge on any atom is -0.748 e. The zero-order valence-electron chi connectivity index (χ0n) is 16.2. The summed E-state index contributed by atoms with van der Waals surface area (Å²) in [7, 11) is -4.19. The first-order chi connectivity index (χ1) is 13.0. The number of benzene rings is 2. The van der Waals surface area contributed by atoms with Gasteiger partial charge in [0, 0.05) is 5.92 Å². The first-order valence-electron chi connectivity index (χ1n) is 9.20. The largest absolute Gasteiger partial charge is 1.00 e. The molecule has 1 fully saturated rings. The Balaban J connectivity index is 0.00000280. The smallest absolute Gasteiger partial charge is 0.748 e. The second-order valence-corrected chi connectivity index (χ2v) is 8.76. The SMILES string of the molecule is O=S(=O)([O-])C1CC(C(COCc2ccccc2)COCc2ccccc2)C1.[K+]. The molecule has 0 saturated heterocycles. The van der Waals surface area contributed by atoms with Crippen molar-refractivity contribution in [3.05, 3.63) is 71.8 Å². The predicted octanol–water partition coefficient (Wildman–Crippen LogP) is 0.364. The zero-order chi connectivity index (χ0) is 19.1. The van der Waals surface area contributed by atoms with Crippen LogP contribution in [0.2, 0.25) is 0 Å². The van der Waals surface area contributed by atoms with E-state index in [1.165, 1.54) is 0 Å². The van der Waals surface area contributed by atoms with Crippen molar-refractivity contribution in [1.29, 1.82) is 0 Å². The zero-order valence-corrected chi connectivity index (χ0v) is 20.1. The van der Waals surface area contributed by atoms with Gasteiger partial charge < -0.3 is 14.0 Å². The van der Waals surface area contributed by atoms with Gasteiger partial charge in [-0.05, 0) is 29.9 Å². The number of ether oxygens (including phenoxy) is 2. The molecule has 0 radical (unpaired) electrons. The average Bonchev–Trinajstić information content (AvgIpc) is 2.61. The molecule has 0 aromatic heterocycles. The molecule has 28 heavy (non-hydrogen) atoms. The molecule has 0 bridgehead atoms. The van der Waals surface area contributed by atoms with Crippen LogP contribution in [0.1, 0.15) is 24.0 Å². The molecule has 0 heterocycles. The van der Waals surface area contributed by atoms with Gasteiger partial charge in [0.15, 0.2) is 0 Å². The van der Waals surface area contributed by atoms with Crippen LogP contribution in [0.4, 0.5) is 0 Å². The van der Waals surface area contributed by atoms with Crippen LogP contribution >= 0.6 is 0 Å². The topological polar surface area (TPSA) is 75.7 Å². The second kappa shape index (κ2) is 11.9. The van der Waals surface area contributed by atoms with Crippen molar-refractivity contribution in [2.24, 2.45) is 11.8 Å². The van der Waals surface area contributed by atoms with Gasteiger partial charge in [-0.2, -0.15) is 0 Å². The van der Waals surface area contributed by atoms with Crippen LogP contribution in [0.25, 0.3) is 0 Å². The summed E-state index contributed by atoms with van der Waals surface area (Å²) in [6.45, 7) is 1.98. The summed E-state index contributed by atoms with van der Waals surface area (Å²) in [5, 5.41) is -0.756. The average molecular weight is 429 g/mol. The Labute approximate surface area is 210 Å². The van der Waals surface area contributed by atoms with Gasteiger partial charge in [-0.15, -0.1) is 0 Å². The van der Waals surface area contributed by atoms with Crippen LogP contribution in [-0.2, 0) is 32.8 Å². The first kappa shape index (κ1) is 24.2. The molecule has 2 aromatic carbocycles. The van der Waals surface area contributed by atoms with Crippen LogP contribution in [0.3, 0.4) is 0 Å². The predicted molar refractivity (Wildman–Crippen MR) is 102 cm³/mol. The minimum atomic E-state index is -4.19. The molecule has 0 amide bonds. The van der Waals surface area contributed by atoms with Crippen molar-refractivity contribution in [3.8, 4) is 0 Å². The van der Waals surface area contributed by atoms with E-state index in [2.05, 4.69) is 0 Å². The van der Waals surface area contributed by atoms with Gasteiger partial charge in [0.1, 0.15) is 0 Å². The number of hydrogen-bond acceptors (Lipinski definition) is 5. The maximum absolute atomic E-state index is 11.2. The van der Waals surface area contributed by atoms with Crippen LogP contribution in [0.15, 0.2) is 60.7 Å². The molecule has 1 saturated carbocycles. The summed E-state index contributed by atoms with van der Waals surface area (Å²) in [5.41, 5.74) is 2.19. The van der Waals surface area contributed by atoms with Crippen LogP contribution in [0.5, 0.6) is 0 Å². The standard InChI is InChI=1S/C21H26O5S.K/c22-27(23,24)21-11-19(12-21)20(15-25-13-17-7-3-1-4-8-17)16-26-14-18-9-5-2-6-10-18;/h1-10,19-21H,11-16H2,(H,22,23,24);/q;+1/p-1. The van der Waals surface area contributed by atoms with Gasteiger partial charge in [-0.25, -0.2) is 8.42 Å². The Hall–Kier alpha value is -0.0936. The van der Waals surface area contributed by atoms with Crippen molar-refractivity contribution in [2.45, 2.75) is 31.3 Å². The third-order valence-electron chi connectivity index (χ3n) is 5.09. The fourth-order valence-corrected chi connectivity index (χ4v) is 4.32. The van der Waals surface area contributed by atoms with E-state index >= 15 is 0 Å². The summed E-state index contributed by atoms with van der Waals surface area (Å²) in [4.78, 5) is 0. The molecule has 1 aliphatic carbocycles. The van der Waals surface area contributed by atoms with Crippen LogP contribution in [0, 0.1) is 11.8 Å². The van der Waals surface area contributed by atoms with E-state index in [0.717, 1.165) is 11.1 Å². The van der Waals surface area contributed by atoms with Gasteiger partial charge in [-0.1, -0.05) is 60.7 Å². The Morgan fingerprint density at radius 1 is 0.857 bits per heavy atom. The molecule has 0 N–H and O–H groups in total. The second-order valence-electron chi connectivity index (χ2n) is 7.11. The molecule has 5 nitrogen and oxygen atoms in total. The van der Waals surface area contributed by atoms with E-state index in [0.29, 0.717) is 39.3 Å². The van der Waals surface area contributed by atoms with Crippen molar-refractivity contribution in [3.63, 3.8) is 0 Å². The Bertz CT molecular complexity index is 747. The summed E-state index contributed by atoms with van der Waals surface area (Å²) < 4.78 is 45.2. The molecule has 0 aliphatic heterocycles. The molecule has 2 aromatic rings. The first-order valence-corrected chi connectivity index (χ1v) is 10.7. The fourth-order valence-electron chi connectivity index (χ4n) is 3.35. The number of hydrogen-bond donors (Lipinski definition) is 0. The Morgan fingerprint density at radius 3 is 1.68 bits per heavy atom. The molecule has 3 rings (SSSR count). The molecule has 146 valence electrons. The van der Waals surface area contributed by atoms with Crippen molar-refractivity contribution in [1.82, 2.24) is 0 Å². The van der Waals surface area contributed by atoms with E-state index in [1.807, 2.05) is 60.7 Å². The van der Waals surface area contributed by atoms with Crippen molar-refractivity contribution >= 4 is 10.1 Å². The Morgan fingerprint density at radius 2 is 1.29 bits per heavy atom. The van der Waals surface area contributed by atoms with Gasteiger partial charge >= 0.3 is 51.4 Å². The molecule has 0 atom stereocenters. The molecule has 1 aliphatic rings. The third-order valence-corrected chi connectivity index (χ3v) is 6.29. The van der Waals surface area contributed by atoms with Gasteiger partial charge in [0.2, 0.25) is 0 Å². The normalized spacial score (nSPS) is 19.1. The van der Waals surface area contributed by atoms with E-state index < -0.39 is 15.4 Å². The molecular weight excluding hydrogens is 403 g/mol. The summed E-state index contributed by atoms with van der Waals surface area (Å²) in [6, 6.07) is 19.8. The third kappa shape index (κ3) is 7.63. The van der Waals surface area contributed by atoms with Crippen LogP contribution < -0.4 is 51.4 Å². The molecule has 7 heteroatoms. The maximum atomic E-state index is 11.2. The van der Waals surface area contributed by atoms with Crippen molar-refractivity contribution < 1.29 is 73.8 Å². The van der Waals surface area contributed by atoms with E-state index in [1.54, 1.807) is 0 Å². The van der Waals surface area contributed by atoms with E-state index in [4.69, 9.17) is 9.47 Å². The Kier molecular flexibility index (Phi) is 10.3. The molecule has 0 unspecified atom stereocenters. The summed E-state index contributed by atoms with van der Waals surface area (Å²) >= 11 is 0. The fraction of sp³-hybridized carbons (Fsp3) is 0.429. The van der Waals surface area contributed by atoms with Crippen LogP contribution in [-0.4, -0.2) is 31.4 Å². The minimum absolute atomic E-state index is 0. The molecule has 0 spiro atoms. The quantitative estimate of drug-likeness (QED) is 0.404.